The summed E-state index contributed by atoms with van der Waals surface area (Å²) in [5.41, 5.74) is 13.7. The van der Waals surface area contributed by atoms with Gasteiger partial charge in [0.15, 0.2) is 0 Å². The summed E-state index contributed by atoms with van der Waals surface area (Å²) >= 11 is 0. The van der Waals surface area contributed by atoms with Crippen LogP contribution in [0.2, 0.25) is 0 Å². The lowest BCUT2D eigenvalue weighted by Crippen LogP contribution is -2.54. The van der Waals surface area contributed by atoms with Gasteiger partial charge in [0.1, 0.15) is 5.66 Å². The van der Waals surface area contributed by atoms with Gasteiger partial charge in [-0.2, -0.15) is 21.8 Å². The second kappa shape index (κ2) is 11.9. The van der Waals surface area contributed by atoms with Crippen LogP contribution in [0, 0.1) is 6.92 Å². The van der Waals surface area contributed by atoms with Crippen LogP contribution < -0.4 is 21.7 Å². The SMILES string of the molecule is CCS(=O)(=O)O.Cc1cc(S(=O)(=O)F)ccc1NC(=O)CCc1ccc(N2C(N)=NC(N)=NC2(C)C)cc1. The Hall–Kier alpha value is -3.56. The van der Waals surface area contributed by atoms with Crippen molar-refractivity contribution < 1.29 is 30.1 Å². The Labute approximate surface area is 221 Å². The highest BCUT2D eigenvalue weighted by atomic mass is 32.3. The number of hydrogen-bond acceptors (Lipinski definition) is 10. The van der Waals surface area contributed by atoms with E-state index in [1.54, 1.807) is 11.8 Å². The van der Waals surface area contributed by atoms with E-state index in [9.17, 15) is 25.5 Å². The van der Waals surface area contributed by atoms with Gasteiger partial charge in [-0.25, -0.2) is 4.99 Å². The van der Waals surface area contributed by atoms with Crippen molar-refractivity contribution in [3.63, 3.8) is 0 Å². The molecule has 0 saturated carbocycles. The van der Waals surface area contributed by atoms with E-state index in [0.717, 1.165) is 17.3 Å². The van der Waals surface area contributed by atoms with E-state index < -0.39 is 30.9 Å². The second-order valence-electron chi connectivity index (χ2n) is 8.77. The first-order valence-corrected chi connectivity index (χ1v) is 14.3. The van der Waals surface area contributed by atoms with Gasteiger partial charge in [-0.3, -0.25) is 14.2 Å². The van der Waals surface area contributed by atoms with Crippen LogP contribution in [0.4, 0.5) is 15.3 Å². The molecule has 12 nitrogen and oxygen atoms in total. The van der Waals surface area contributed by atoms with Crippen LogP contribution in [-0.4, -0.2) is 50.6 Å². The number of halogens is 1. The lowest BCUT2D eigenvalue weighted by molar-refractivity contribution is -0.116. The summed E-state index contributed by atoms with van der Waals surface area (Å²) in [6, 6.07) is 11.2. The molecular weight excluding hydrogens is 539 g/mol. The number of aliphatic imine (C=N–C) groups is 2. The van der Waals surface area contributed by atoms with Crippen molar-refractivity contribution in [1.82, 2.24) is 0 Å². The maximum atomic E-state index is 13.1. The molecule has 1 heterocycles. The molecule has 1 aliphatic rings. The van der Waals surface area contributed by atoms with Crippen LogP contribution in [-0.2, 0) is 31.6 Å². The monoisotopic (exact) mass is 570 g/mol. The molecule has 0 fully saturated rings. The van der Waals surface area contributed by atoms with Crippen LogP contribution >= 0.6 is 0 Å². The highest BCUT2D eigenvalue weighted by Gasteiger charge is 2.32. The van der Waals surface area contributed by atoms with Crippen LogP contribution in [0.3, 0.4) is 0 Å². The number of hydrogen-bond donors (Lipinski definition) is 4. The topological polar surface area (TPSA) is 198 Å². The second-order valence-corrected chi connectivity index (χ2v) is 11.9. The van der Waals surface area contributed by atoms with Crippen molar-refractivity contribution in [3.8, 4) is 0 Å². The Kier molecular flexibility index (Phi) is 9.58. The van der Waals surface area contributed by atoms with E-state index >= 15 is 0 Å². The van der Waals surface area contributed by atoms with Crippen LogP contribution in [0.15, 0.2) is 57.3 Å². The Morgan fingerprint density at radius 1 is 1.11 bits per heavy atom. The highest BCUT2D eigenvalue weighted by molar-refractivity contribution is 7.86. The van der Waals surface area contributed by atoms with E-state index in [2.05, 4.69) is 15.3 Å². The number of amides is 1. The van der Waals surface area contributed by atoms with Gasteiger partial charge in [0.05, 0.1) is 10.6 Å². The average Bonchev–Trinajstić information content (AvgIpc) is 2.78. The van der Waals surface area contributed by atoms with Crippen LogP contribution in [0.1, 0.15) is 38.3 Å². The fourth-order valence-electron chi connectivity index (χ4n) is 3.46. The van der Waals surface area contributed by atoms with Crippen LogP contribution in [0.25, 0.3) is 0 Å². The van der Waals surface area contributed by atoms with Crippen molar-refractivity contribution in [2.24, 2.45) is 21.5 Å². The third-order valence-electron chi connectivity index (χ3n) is 5.35. The molecular formula is C23H31FN6O6S2. The molecule has 2 aromatic carbocycles. The zero-order valence-corrected chi connectivity index (χ0v) is 23.0. The number of nitrogens with two attached hydrogens (primary N) is 2. The Bertz CT molecular complexity index is 1460. The van der Waals surface area contributed by atoms with Gasteiger partial charge in [-0.1, -0.05) is 12.1 Å². The van der Waals surface area contributed by atoms with Crippen molar-refractivity contribution in [3.05, 3.63) is 53.6 Å². The van der Waals surface area contributed by atoms with Gasteiger partial charge in [0.25, 0.3) is 10.1 Å². The van der Waals surface area contributed by atoms with Crippen molar-refractivity contribution in [1.29, 1.82) is 0 Å². The summed E-state index contributed by atoms with van der Waals surface area (Å²) in [6.45, 7) is 6.71. The summed E-state index contributed by atoms with van der Waals surface area (Å²) < 4.78 is 62.0. The summed E-state index contributed by atoms with van der Waals surface area (Å²) in [6.07, 6.45) is 0.696. The predicted molar refractivity (Wildman–Crippen MR) is 145 cm³/mol. The molecule has 0 unspecified atom stereocenters. The molecule has 38 heavy (non-hydrogen) atoms. The smallest absolute Gasteiger partial charge is 0.332 e. The number of rotatable bonds is 7. The minimum atomic E-state index is -4.79. The van der Waals surface area contributed by atoms with Gasteiger partial charge in [-0.15, -0.1) is 3.89 Å². The summed E-state index contributed by atoms with van der Waals surface area (Å²) in [5.74, 6) is -0.0713. The number of benzene rings is 2. The first-order valence-electron chi connectivity index (χ1n) is 11.3. The Balaban J connectivity index is 0.000000757. The summed E-state index contributed by atoms with van der Waals surface area (Å²) in [7, 11) is -8.45. The maximum Gasteiger partial charge on any atom is 0.332 e. The van der Waals surface area contributed by atoms with Gasteiger partial charge in [0.2, 0.25) is 17.8 Å². The molecule has 15 heteroatoms. The molecule has 0 radical (unpaired) electrons. The van der Waals surface area contributed by atoms with Crippen molar-refractivity contribution in [2.45, 2.75) is 51.1 Å². The van der Waals surface area contributed by atoms with Crippen LogP contribution in [0.5, 0.6) is 0 Å². The van der Waals surface area contributed by atoms with E-state index in [0.29, 0.717) is 17.7 Å². The minimum absolute atomic E-state index is 0.127. The minimum Gasteiger partial charge on any atom is -0.369 e. The molecule has 2 aromatic rings. The molecule has 0 spiro atoms. The van der Waals surface area contributed by atoms with Crippen molar-refractivity contribution >= 4 is 49.5 Å². The first-order chi connectivity index (χ1) is 17.4. The van der Waals surface area contributed by atoms with Gasteiger partial charge >= 0.3 is 10.2 Å². The zero-order chi connectivity index (χ0) is 28.9. The number of nitrogens with one attached hydrogen (secondary N) is 1. The number of aryl methyl sites for hydroxylation is 2. The third-order valence-corrected chi connectivity index (χ3v) is 6.89. The fraction of sp³-hybridized carbons (Fsp3) is 0.348. The molecule has 0 saturated heterocycles. The van der Waals surface area contributed by atoms with Gasteiger partial charge in [-0.05, 0) is 75.6 Å². The van der Waals surface area contributed by atoms with Crippen molar-refractivity contribution in [2.75, 3.05) is 16.0 Å². The molecule has 0 aromatic heterocycles. The highest BCUT2D eigenvalue weighted by Crippen LogP contribution is 2.28. The lowest BCUT2D eigenvalue weighted by atomic mass is 10.1. The fourth-order valence-corrected chi connectivity index (χ4v) is 4.01. The predicted octanol–water partition coefficient (Wildman–Crippen LogP) is 2.30. The number of nitrogens with zero attached hydrogens (tertiary/aromatic N) is 3. The average molecular weight is 571 g/mol. The molecule has 0 atom stereocenters. The quantitative estimate of drug-likeness (QED) is 0.285. The summed E-state index contributed by atoms with van der Waals surface area (Å²) in [5, 5.41) is 2.72. The molecule has 6 N–H and O–H groups in total. The van der Waals surface area contributed by atoms with E-state index in [1.165, 1.54) is 19.1 Å². The number of anilines is 2. The molecule has 208 valence electrons. The maximum absolute atomic E-state index is 13.1. The summed E-state index contributed by atoms with van der Waals surface area (Å²) in [4.78, 5) is 22.0. The van der Waals surface area contributed by atoms with Gasteiger partial charge < -0.3 is 16.8 Å². The first kappa shape index (κ1) is 30.7. The molecule has 3 rings (SSSR count). The standard InChI is InChI=1S/C21H25FN6O3S.C2H6O3S/c1-13-12-16(32(22,30)31)9-10-17(13)25-18(29)11-6-14-4-7-15(8-5-14)28-20(24)26-19(23)27-21(28,2)3;1-2-6(3,4)5/h4-5,7-10,12H,6,11H2,1-3H3,(H,25,29)(H4,23,24,26,27);2H2,1H3,(H,3,4,5). The molecule has 1 aliphatic heterocycles. The normalized spacial score (nSPS) is 15.1. The van der Waals surface area contributed by atoms with E-state index in [-0.39, 0.29) is 30.0 Å². The Morgan fingerprint density at radius 2 is 1.68 bits per heavy atom. The number of guanidine groups is 2. The number of carbonyl (C=O) groups excluding carboxylic acids is 1. The Morgan fingerprint density at radius 3 is 2.16 bits per heavy atom. The van der Waals surface area contributed by atoms with E-state index in [1.807, 2.05) is 38.1 Å². The third kappa shape index (κ3) is 8.78. The largest absolute Gasteiger partial charge is 0.369 e. The van der Waals surface area contributed by atoms with E-state index in [4.69, 9.17) is 16.0 Å². The molecule has 0 aliphatic carbocycles. The molecule has 1 amide bonds. The lowest BCUT2D eigenvalue weighted by Gasteiger charge is -2.38. The zero-order valence-electron chi connectivity index (χ0n) is 21.3. The van der Waals surface area contributed by atoms with Gasteiger partial charge in [0, 0.05) is 17.8 Å². The number of carbonyl (C=O) groups is 1. The molecule has 0 bridgehead atoms.